The Hall–Kier alpha value is -1.13. The molecule has 0 aromatic carbocycles. The summed E-state index contributed by atoms with van der Waals surface area (Å²) in [6.45, 7) is 5.11. The maximum atomic E-state index is 11.9. The van der Waals surface area contributed by atoms with Gasteiger partial charge in [0.15, 0.2) is 0 Å². The molecule has 18 heavy (non-hydrogen) atoms. The van der Waals surface area contributed by atoms with Crippen LogP contribution in [-0.4, -0.2) is 41.8 Å². The molecular weight excluding hydrogens is 228 g/mol. The van der Waals surface area contributed by atoms with Gasteiger partial charge < -0.3 is 9.30 Å². The molecule has 3 aliphatic rings. The van der Waals surface area contributed by atoms with E-state index in [4.69, 9.17) is 4.74 Å². The fourth-order valence-corrected chi connectivity index (χ4v) is 3.61. The Morgan fingerprint density at radius 2 is 2.17 bits per heavy atom. The number of rotatable bonds is 2. The molecule has 2 bridgehead atoms. The van der Waals surface area contributed by atoms with Crippen LogP contribution in [0.2, 0.25) is 0 Å². The number of hydrogen-bond donors (Lipinski definition) is 0. The predicted molar refractivity (Wildman–Crippen MR) is 67.7 cm³/mol. The first-order valence-electron chi connectivity index (χ1n) is 6.83. The van der Waals surface area contributed by atoms with Gasteiger partial charge >= 0.3 is 0 Å². The zero-order valence-corrected chi connectivity index (χ0v) is 10.4. The first-order valence-corrected chi connectivity index (χ1v) is 6.83. The summed E-state index contributed by atoms with van der Waals surface area (Å²) < 4.78 is 7.31. The Kier molecular flexibility index (Phi) is 2.35. The van der Waals surface area contributed by atoms with Crippen LogP contribution < -0.4 is 5.56 Å². The lowest BCUT2D eigenvalue weighted by Crippen LogP contribution is -2.47. The lowest BCUT2D eigenvalue weighted by atomic mass is 9.83. The highest BCUT2D eigenvalue weighted by molar-refractivity contribution is 5.17. The molecule has 0 radical (unpaired) electrons. The number of likely N-dealkylation sites (tertiary alicyclic amines) is 1. The molecule has 3 atom stereocenters. The molecule has 4 heteroatoms. The Morgan fingerprint density at radius 3 is 3.00 bits per heavy atom. The van der Waals surface area contributed by atoms with Crippen molar-refractivity contribution in [2.75, 3.05) is 26.2 Å². The van der Waals surface area contributed by atoms with Gasteiger partial charge in [0.25, 0.3) is 5.56 Å². The van der Waals surface area contributed by atoms with E-state index >= 15 is 0 Å². The molecule has 2 fully saturated rings. The van der Waals surface area contributed by atoms with Crippen molar-refractivity contribution in [3.8, 4) is 0 Å². The minimum atomic E-state index is 0.168. The van der Waals surface area contributed by atoms with E-state index in [1.165, 1.54) is 12.1 Å². The molecule has 1 aromatic rings. The second-order valence-electron chi connectivity index (χ2n) is 5.87. The van der Waals surface area contributed by atoms with Crippen LogP contribution in [0.4, 0.5) is 0 Å². The van der Waals surface area contributed by atoms with Crippen LogP contribution in [0.3, 0.4) is 0 Å². The molecule has 0 aliphatic carbocycles. The van der Waals surface area contributed by atoms with Gasteiger partial charge in [-0.05, 0) is 18.4 Å². The van der Waals surface area contributed by atoms with E-state index in [1.54, 1.807) is 6.07 Å². The molecule has 1 aromatic heterocycles. The number of piperidine rings is 1. The maximum Gasteiger partial charge on any atom is 0.250 e. The molecule has 3 aliphatic heterocycles. The Morgan fingerprint density at radius 1 is 1.28 bits per heavy atom. The Bertz CT molecular complexity index is 521. The molecule has 4 heterocycles. The standard InChI is InChI=1S/C14H18N2O2/c17-14-3-1-2-13-11-4-10(6-16(13)14)5-15(7-11)8-12-9-18-12/h1-3,10-12H,4-9H2. The normalized spacial score (nSPS) is 34.1. The monoisotopic (exact) mass is 246 g/mol. The summed E-state index contributed by atoms with van der Waals surface area (Å²) in [7, 11) is 0. The predicted octanol–water partition coefficient (Wildman–Crippen LogP) is 0.666. The third-order valence-corrected chi connectivity index (χ3v) is 4.42. The third-order valence-electron chi connectivity index (χ3n) is 4.42. The van der Waals surface area contributed by atoms with Gasteiger partial charge in [-0.1, -0.05) is 6.07 Å². The molecule has 4 nitrogen and oxygen atoms in total. The summed E-state index contributed by atoms with van der Waals surface area (Å²) >= 11 is 0. The largest absolute Gasteiger partial charge is 0.372 e. The van der Waals surface area contributed by atoms with E-state index < -0.39 is 0 Å². The second-order valence-corrected chi connectivity index (χ2v) is 5.87. The number of ether oxygens (including phenoxy) is 1. The Labute approximate surface area is 106 Å². The van der Waals surface area contributed by atoms with Crippen molar-refractivity contribution < 1.29 is 4.74 Å². The maximum absolute atomic E-state index is 11.9. The SMILES string of the molecule is O=c1cccc2n1CC1CC2CN(CC2CO2)C1. The van der Waals surface area contributed by atoms with Crippen molar-refractivity contribution in [1.29, 1.82) is 0 Å². The third kappa shape index (κ3) is 1.80. The van der Waals surface area contributed by atoms with Crippen molar-refractivity contribution >= 4 is 0 Å². The molecule has 4 rings (SSSR count). The quantitative estimate of drug-likeness (QED) is 0.720. The van der Waals surface area contributed by atoms with Gasteiger partial charge in [-0.3, -0.25) is 9.69 Å². The molecule has 0 spiro atoms. The van der Waals surface area contributed by atoms with Gasteiger partial charge in [-0.25, -0.2) is 0 Å². The highest BCUT2D eigenvalue weighted by Gasteiger charge is 2.36. The number of epoxide rings is 1. The first-order chi connectivity index (χ1) is 8.79. The average Bonchev–Trinajstić information content (AvgIpc) is 3.14. The number of aromatic nitrogens is 1. The highest BCUT2D eigenvalue weighted by atomic mass is 16.6. The molecule has 0 N–H and O–H groups in total. The van der Waals surface area contributed by atoms with Crippen LogP contribution in [0.15, 0.2) is 23.0 Å². The van der Waals surface area contributed by atoms with Crippen molar-refractivity contribution in [3.63, 3.8) is 0 Å². The summed E-state index contributed by atoms with van der Waals surface area (Å²) in [4.78, 5) is 14.4. The van der Waals surface area contributed by atoms with Crippen molar-refractivity contribution in [1.82, 2.24) is 9.47 Å². The Balaban J connectivity index is 1.63. The topological polar surface area (TPSA) is 37.8 Å². The van der Waals surface area contributed by atoms with E-state index in [0.717, 1.165) is 32.8 Å². The van der Waals surface area contributed by atoms with Gasteiger partial charge in [0.05, 0.1) is 12.7 Å². The fourth-order valence-electron chi connectivity index (χ4n) is 3.61. The van der Waals surface area contributed by atoms with E-state index in [1.807, 2.05) is 10.6 Å². The molecule has 0 amide bonds. The zero-order chi connectivity index (χ0) is 12.1. The molecule has 96 valence electrons. The average molecular weight is 246 g/mol. The lowest BCUT2D eigenvalue weighted by molar-refractivity contribution is 0.112. The van der Waals surface area contributed by atoms with Crippen molar-refractivity contribution in [2.45, 2.75) is 25.0 Å². The summed E-state index contributed by atoms with van der Waals surface area (Å²) in [5, 5.41) is 0. The van der Waals surface area contributed by atoms with Crippen LogP contribution in [0.5, 0.6) is 0 Å². The molecular formula is C14H18N2O2. The van der Waals surface area contributed by atoms with Gasteiger partial charge in [-0.15, -0.1) is 0 Å². The minimum Gasteiger partial charge on any atom is -0.372 e. The van der Waals surface area contributed by atoms with Gasteiger partial charge in [0.2, 0.25) is 0 Å². The summed E-state index contributed by atoms with van der Waals surface area (Å²) in [5.41, 5.74) is 1.40. The van der Waals surface area contributed by atoms with Crippen LogP contribution in [0, 0.1) is 5.92 Å². The van der Waals surface area contributed by atoms with Gasteiger partial charge in [-0.2, -0.15) is 0 Å². The van der Waals surface area contributed by atoms with Gasteiger partial charge in [0.1, 0.15) is 0 Å². The van der Waals surface area contributed by atoms with E-state index in [2.05, 4.69) is 11.0 Å². The van der Waals surface area contributed by atoms with Crippen LogP contribution in [-0.2, 0) is 11.3 Å². The number of fused-ring (bicyclic) bond motifs is 4. The lowest BCUT2D eigenvalue weighted by Gasteiger charge is -2.42. The number of nitrogens with zero attached hydrogens (tertiary/aromatic N) is 2. The minimum absolute atomic E-state index is 0.168. The van der Waals surface area contributed by atoms with Crippen LogP contribution in [0.25, 0.3) is 0 Å². The number of hydrogen-bond acceptors (Lipinski definition) is 3. The highest BCUT2D eigenvalue weighted by Crippen LogP contribution is 2.35. The van der Waals surface area contributed by atoms with Crippen LogP contribution >= 0.6 is 0 Å². The van der Waals surface area contributed by atoms with Crippen molar-refractivity contribution in [3.05, 3.63) is 34.2 Å². The van der Waals surface area contributed by atoms with Crippen LogP contribution in [0.1, 0.15) is 18.0 Å². The summed E-state index contributed by atoms with van der Waals surface area (Å²) in [5.74, 6) is 1.17. The number of pyridine rings is 1. The van der Waals surface area contributed by atoms with Crippen molar-refractivity contribution in [2.24, 2.45) is 5.92 Å². The first kappa shape index (κ1) is 10.8. The van der Waals surface area contributed by atoms with E-state index in [0.29, 0.717) is 17.9 Å². The van der Waals surface area contributed by atoms with Gasteiger partial charge in [0, 0.05) is 43.9 Å². The van der Waals surface area contributed by atoms with E-state index in [-0.39, 0.29) is 5.56 Å². The summed E-state index contributed by atoms with van der Waals surface area (Å²) in [6, 6.07) is 5.71. The fraction of sp³-hybridized carbons (Fsp3) is 0.643. The molecule has 2 saturated heterocycles. The molecule has 0 saturated carbocycles. The zero-order valence-electron chi connectivity index (χ0n) is 10.4. The van der Waals surface area contributed by atoms with E-state index in [9.17, 15) is 4.79 Å². The smallest absolute Gasteiger partial charge is 0.250 e. The summed E-state index contributed by atoms with van der Waals surface area (Å²) in [6.07, 6.45) is 1.72. The molecule has 3 unspecified atom stereocenters. The second kappa shape index (κ2) is 3.93.